The van der Waals surface area contributed by atoms with Crippen LogP contribution in [0.3, 0.4) is 0 Å². The molecule has 5 heteroatoms. The van der Waals surface area contributed by atoms with Crippen molar-refractivity contribution in [1.82, 2.24) is 4.90 Å². The molecule has 5 nitrogen and oxygen atoms in total. The molecule has 1 fully saturated rings. The van der Waals surface area contributed by atoms with Gasteiger partial charge in [-0.15, -0.1) is 0 Å². The third-order valence-corrected chi connectivity index (χ3v) is 1.60. The number of nitrogens with zero attached hydrogens (tertiary/aromatic N) is 1. The summed E-state index contributed by atoms with van der Waals surface area (Å²) in [6.07, 6.45) is -0.652. The van der Waals surface area contributed by atoms with Gasteiger partial charge < -0.3 is 15.1 Å². The maximum absolute atomic E-state index is 10.9. The van der Waals surface area contributed by atoms with Crippen molar-refractivity contribution >= 4 is 11.9 Å². The molecular formula is C6H9NO4. The molecule has 0 aliphatic carbocycles. The Kier molecular flexibility index (Phi) is 2.09. The Bertz CT molecular complexity index is 191. The number of carboxylic acid groups (broad SMARTS) is 1. The molecule has 0 aromatic heterocycles. The van der Waals surface area contributed by atoms with Gasteiger partial charge in [-0.05, 0) is 6.42 Å². The quantitative estimate of drug-likeness (QED) is 0.523. The molecule has 62 valence electrons. The maximum atomic E-state index is 10.9. The van der Waals surface area contributed by atoms with Crippen molar-refractivity contribution in [2.24, 2.45) is 0 Å². The third kappa shape index (κ3) is 1.68. The number of aliphatic hydroxyl groups is 1. The fourth-order valence-corrected chi connectivity index (χ4v) is 1.04. The zero-order valence-corrected chi connectivity index (χ0v) is 5.86. The number of likely N-dealkylation sites (tertiary alicyclic amines) is 1. The molecule has 0 radical (unpaired) electrons. The summed E-state index contributed by atoms with van der Waals surface area (Å²) < 4.78 is 0. The van der Waals surface area contributed by atoms with Gasteiger partial charge >= 0.3 is 5.97 Å². The zero-order valence-electron chi connectivity index (χ0n) is 5.86. The van der Waals surface area contributed by atoms with E-state index in [-0.39, 0.29) is 6.54 Å². The Hall–Kier alpha value is -1.10. The Morgan fingerprint density at radius 3 is 2.73 bits per heavy atom. The van der Waals surface area contributed by atoms with Crippen LogP contribution in [0.15, 0.2) is 0 Å². The molecule has 0 aromatic carbocycles. The van der Waals surface area contributed by atoms with E-state index in [0.29, 0.717) is 13.0 Å². The van der Waals surface area contributed by atoms with Gasteiger partial charge in [0.2, 0.25) is 0 Å². The summed E-state index contributed by atoms with van der Waals surface area (Å²) >= 11 is 0. The monoisotopic (exact) mass is 159 g/mol. The molecule has 1 rings (SSSR count). The second-order valence-corrected chi connectivity index (χ2v) is 2.46. The SMILES string of the molecule is O=C(O)CN1CC[C@H](O)C1=O. The van der Waals surface area contributed by atoms with E-state index in [1.807, 2.05) is 0 Å². The lowest BCUT2D eigenvalue weighted by molar-refractivity contribution is -0.144. The molecule has 1 saturated heterocycles. The van der Waals surface area contributed by atoms with Gasteiger partial charge in [-0.25, -0.2) is 0 Å². The van der Waals surface area contributed by atoms with Crippen LogP contribution in [0.5, 0.6) is 0 Å². The van der Waals surface area contributed by atoms with Crippen molar-refractivity contribution < 1.29 is 19.8 Å². The van der Waals surface area contributed by atoms with Crippen molar-refractivity contribution in [3.8, 4) is 0 Å². The van der Waals surface area contributed by atoms with Crippen LogP contribution in [0.2, 0.25) is 0 Å². The molecular weight excluding hydrogens is 150 g/mol. The number of rotatable bonds is 2. The van der Waals surface area contributed by atoms with Crippen LogP contribution in [0.25, 0.3) is 0 Å². The third-order valence-electron chi connectivity index (χ3n) is 1.60. The summed E-state index contributed by atoms with van der Waals surface area (Å²) in [5.41, 5.74) is 0. The summed E-state index contributed by atoms with van der Waals surface area (Å²) in [5, 5.41) is 17.2. The molecule has 11 heavy (non-hydrogen) atoms. The lowest BCUT2D eigenvalue weighted by Gasteiger charge is -2.11. The van der Waals surface area contributed by atoms with Gasteiger partial charge in [0.05, 0.1) is 0 Å². The second kappa shape index (κ2) is 2.87. The molecule has 0 unspecified atom stereocenters. The van der Waals surface area contributed by atoms with Crippen molar-refractivity contribution in [3.63, 3.8) is 0 Å². The first kappa shape index (κ1) is 8.00. The highest BCUT2D eigenvalue weighted by Gasteiger charge is 2.30. The average Bonchev–Trinajstić information content (AvgIpc) is 2.18. The number of hydrogen-bond donors (Lipinski definition) is 2. The molecule has 0 spiro atoms. The van der Waals surface area contributed by atoms with Gasteiger partial charge in [-0.3, -0.25) is 9.59 Å². The Morgan fingerprint density at radius 2 is 2.36 bits per heavy atom. The highest BCUT2D eigenvalue weighted by molar-refractivity contribution is 5.86. The normalized spacial score (nSPS) is 24.3. The molecule has 0 saturated carbocycles. The highest BCUT2D eigenvalue weighted by Crippen LogP contribution is 2.09. The van der Waals surface area contributed by atoms with E-state index < -0.39 is 18.0 Å². The minimum absolute atomic E-state index is 0.310. The zero-order chi connectivity index (χ0) is 8.43. The maximum Gasteiger partial charge on any atom is 0.323 e. The van der Waals surface area contributed by atoms with E-state index in [0.717, 1.165) is 4.90 Å². The van der Waals surface area contributed by atoms with Gasteiger partial charge in [-0.2, -0.15) is 0 Å². The Morgan fingerprint density at radius 1 is 1.73 bits per heavy atom. The number of aliphatic carboxylic acids is 1. The molecule has 1 atom stereocenters. The summed E-state index contributed by atoms with van der Waals surface area (Å²) in [4.78, 5) is 22.1. The van der Waals surface area contributed by atoms with Gasteiger partial charge in [0.25, 0.3) is 5.91 Å². The first-order chi connectivity index (χ1) is 5.11. The molecule has 1 aliphatic rings. The van der Waals surface area contributed by atoms with Crippen molar-refractivity contribution in [3.05, 3.63) is 0 Å². The van der Waals surface area contributed by atoms with Crippen LogP contribution in [-0.4, -0.2) is 46.2 Å². The van der Waals surface area contributed by atoms with Crippen LogP contribution in [0, 0.1) is 0 Å². The number of carbonyl (C=O) groups is 2. The first-order valence-corrected chi connectivity index (χ1v) is 3.30. The predicted octanol–water partition coefficient (Wildman–Crippen LogP) is -1.34. The number of hydrogen-bond acceptors (Lipinski definition) is 3. The van der Waals surface area contributed by atoms with Crippen molar-refractivity contribution in [1.29, 1.82) is 0 Å². The smallest absolute Gasteiger partial charge is 0.323 e. The van der Waals surface area contributed by atoms with Gasteiger partial charge in [0, 0.05) is 6.54 Å². The molecule has 0 aromatic rings. The number of aliphatic hydroxyl groups excluding tert-OH is 1. The summed E-state index contributed by atoms with van der Waals surface area (Å²) in [7, 11) is 0. The molecule has 1 amide bonds. The molecule has 1 aliphatic heterocycles. The second-order valence-electron chi connectivity index (χ2n) is 2.46. The minimum Gasteiger partial charge on any atom is -0.480 e. The van der Waals surface area contributed by atoms with Gasteiger partial charge in [0.1, 0.15) is 12.6 Å². The first-order valence-electron chi connectivity index (χ1n) is 3.30. The van der Waals surface area contributed by atoms with Crippen LogP contribution >= 0.6 is 0 Å². The van der Waals surface area contributed by atoms with Crippen molar-refractivity contribution in [2.45, 2.75) is 12.5 Å². The Balaban J connectivity index is 2.49. The summed E-state index contributed by atoms with van der Waals surface area (Å²) in [6, 6.07) is 0. The highest BCUT2D eigenvalue weighted by atomic mass is 16.4. The summed E-state index contributed by atoms with van der Waals surface area (Å²) in [5.74, 6) is -1.53. The standard InChI is InChI=1S/C6H9NO4/c8-4-1-2-7(6(4)11)3-5(9)10/h4,8H,1-3H2,(H,9,10)/t4-/m0/s1. The lowest BCUT2D eigenvalue weighted by atomic mass is 10.3. The minimum atomic E-state index is -1.05. The number of amides is 1. The van der Waals surface area contributed by atoms with E-state index >= 15 is 0 Å². The fourth-order valence-electron chi connectivity index (χ4n) is 1.04. The molecule has 2 N–H and O–H groups in total. The summed E-state index contributed by atoms with van der Waals surface area (Å²) in [6.45, 7) is 0.0300. The number of carbonyl (C=O) groups excluding carboxylic acids is 1. The van der Waals surface area contributed by atoms with Crippen LogP contribution in [0.4, 0.5) is 0 Å². The Labute approximate surface area is 63.2 Å². The van der Waals surface area contributed by atoms with Crippen LogP contribution in [-0.2, 0) is 9.59 Å². The largest absolute Gasteiger partial charge is 0.480 e. The molecule has 0 bridgehead atoms. The lowest BCUT2D eigenvalue weighted by Crippen LogP contribution is -2.33. The average molecular weight is 159 g/mol. The topological polar surface area (TPSA) is 77.8 Å². The van der Waals surface area contributed by atoms with E-state index in [1.54, 1.807) is 0 Å². The van der Waals surface area contributed by atoms with E-state index in [9.17, 15) is 9.59 Å². The van der Waals surface area contributed by atoms with Gasteiger partial charge in [-0.1, -0.05) is 0 Å². The number of carboxylic acids is 1. The van der Waals surface area contributed by atoms with Crippen LogP contribution in [0.1, 0.15) is 6.42 Å². The van der Waals surface area contributed by atoms with Crippen LogP contribution < -0.4 is 0 Å². The molecule has 1 heterocycles. The predicted molar refractivity (Wildman–Crippen MR) is 34.8 cm³/mol. The van der Waals surface area contributed by atoms with Crippen molar-refractivity contribution in [2.75, 3.05) is 13.1 Å². The van der Waals surface area contributed by atoms with E-state index in [2.05, 4.69) is 0 Å². The van der Waals surface area contributed by atoms with Gasteiger partial charge in [0.15, 0.2) is 0 Å². The fraction of sp³-hybridized carbons (Fsp3) is 0.667. The van der Waals surface area contributed by atoms with E-state index in [4.69, 9.17) is 10.2 Å². The van der Waals surface area contributed by atoms with E-state index in [1.165, 1.54) is 0 Å².